The summed E-state index contributed by atoms with van der Waals surface area (Å²) >= 11 is 1.55. The van der Waals surface area contributed by atoms with E-state index in [0.717, 1.165) is 15.0 Å². The first-order valence-electron chi connectivity index (χ1n) is 8.40. The normalized spacial score (nSPS) is 12.1. The minimum atomic E-state index is -0.674. The number of thiophene rings is 1. The molecular weight excluding hydrogens is 490 g/mol. The van der Waals surface area contributed by atoms with E-state index in [2.05, 4.69) is 15.6 Å². The third-order valence-electron chi connectivity index (χ3n) is 4.09. The smallest absolute Gasteiger partial charge is 0.191 e. The molecule has 0 saturated heterocycles. The monoisotopic (exact) mass is 510 g/mol. The van der Waals surface area contributed by atoms with E-state index in [9.17, 15) is 9.50 Å². The lowest BCUT2D eigenvalue weighted by molar-refractivity contribution is 0.184. The minimum absolute atomic E-state index is 0. The third kappa shape index (κ3) is 5.41. The Morgan fingerprint density at radius 3 is 2.71 bits per heavy atom. The van der Waals surface area contributed by atoms with Crippen molar-refractivity contribution in [3.05, 3.63) is 70.4 Å². The zero-order valence-electron chi connectivity index (χ0n) is 15.1. The molecule has 0 amide bonds. The molecule has 0 aliphatic rings. The Kier molecular flexibility index (Phi) is 8.17. The Bertz CT molecular complexity index is 982. The molecule has 28 heavy (non-hydrogen) atoms. The van der Waals surface area contributed by atoms with E-state index < -0.39 is 11.9 Å². The summed E-state index contributed by atoms with van der Waals surface area (Å²) in [6.07, 6.45) is -0.674. The lowest BCUT2D eigenvalue weighted by Gasteiger charge is -2.15. The van der Waals surface area contributed by atoms with E-state index >= 15 is 0 Å². The van der Waals surface area contributed by atoms with Gasteiger partial charge in [0.1, 0.15) is 11.9 Å². The van der Waals surface area contributed by atoms with Gasteiger partial charge in [-0.15, -0.1) is 35.3 Å². The predicted molar refractivity (Wildman–Crippen MR) is 122 cm³/mol. The quantitative estimate of drug-likeness (QED) is 0.276. The number of nitriles is 1. The molecule has 0 spiro atoms. The number of fused-ring (bicyclic) bond motifs is 1. The second kappa shape index (κ2) is 10.4. The Morgan fingerprint density at radius 1 is 1.25 bits per heavy atom. The van der Waals surface area contributed by atoms with Crippen molar-refractivity contribution < 1.29 is 9.50 Å². The highest BCUT2D eigenvalue weighted by molar-refractivity contribution is 14.0. The summed E-state index contributed by atoms with van der Waals surface area (Å²) in [5.74, 6) is 0.0150. The average Bonchev–Trinajstić information content (AvgIpc) is 3.13. The van der Waals surface area contributed by atoms with Crippen LogP contribution < -0.4 is 10.6 Å². The van der Waals surface area contributed by atoms with Crippen LogP contribution in [0.15, 0.2) is 53.5 Å². The summed E-state index contributed by atoms with van der Waals surface area (Å²) < 4.78 is 15.1. The molecule has 3 N–H and O–H groups in total. The van der Waals surface area contributed by atoms with Crippen molar-refractivity contribution in [3.63, 3.8) is 0 Å². The number of halogens is 2. The van der Waals surface area contributed by atoms with Gasteiger partial charge >= 0.3 is 0 Å². The molecule has 0 aliphatic carbocycles. The molecule has 3 rings (SSSR count). The van der Waals surface area contributed by atoms with Crippen LogP contribution in [0.3, 0.4) is 0 Å². The van der Waals surface area contributed by atoms with Crippen LogP contribution in [0.5, 0.6) is 0 Å². The summed E-state index contributed by atoms with van der Waals surface area (Å²) in [4.78, 5) is 4.96. The summed E-state index contributed by atoms with van der Waals surface area (Å²) in [5.41, 5.74) is 0.715. The van der Waals surface area contributed by atoms with Crippen LogP contribution in [-0.4, -0.2) is 24.7 Å². The highest BCUT2D eigenvalue weighted by Crippen LogP contribution is 2.29. The van der Waals surface area contributed by atoms with Crippen LogP contribution >= 0.6 is 35.3 Å². The van der Waals surface area contributed by atoms with Gasteiger partial charge in [0, 0.05) is 35.3 Å². The maximum absolute atomic E-state index is 13.9. The number of guanidine groups is 1. The molecule has 8 heteroatoms. The van der Waals surface area contributed by atoms with Gasteiger partial charge in [-0.2, -0.15) is 5.26 Å². The van der Waals surface area contributed by atoms with Gasteiger partial charge in [0.15, 0.2) is 5.96 Å². The SMILES string of the molecule is CN=C(NCc1ccc(C#N)cc1F)NCC(O)c1cc2ccccc2s1.I. The fourth-order valence-corrected chi connectivity index (χ4v) is 3.67. The van der Waals surface area contributed by atoms with Crippen LogP contribution in [-0.2, 0) is 6.54 Å². The van der Waals surface area contributed by atoms with E-state index in [0.29, 0.717) is 11.5 Å². The molecule has 146 valence electrons. The molecule has 3 aromatic rings. The summed E-state index contributed by atoms with van der Waals surface area (Å²) in [7, 11) is 1.61. The summed E-state index contributed by atoms with van der Waals surface area (Å²) in [6.45, 7) is 0.499. The highest BCUT2D eigenvalue weighted by atomic mass is 127. The molecule has 0 bridgehead atoms. The number of aliphatic hydroxyl groups excluding tert-OH is 1. The fourth-order valence-electron chi connectivity index (χ4n) is 2.62. The number of hydrogen-bond acceptors (Lipinski definition) is 4. The zero-order chi connectivity index (χ0) is 19.2. The van der Waals surface area contributed by atoms with Gasteiger partial charge in [0.05, 0.1) is 11.6 Å². The summed E-state index contributed by atoms with van der Waals surface area (Å²) in [5, 5.41) is 26.4. The number of aliphatic hydroxyl groups is 1. The minimum Gasteiger partial charge on any atom is -0.386 e. The topological polar surface area (TPSA) is 80.4 Å². The molecule has 5 nitrogen and oxygen atoms in total. The Labute approximate surface area is 183 Å². The first-order valence-corrected chi connectivity index (χ1v) is 9.22. The molecule has 0 saturated carbocycles. The number of nitrogens with zero attached hydrogens (tertiary/aromatic N) is 2. The first kappa shape index (κ1) is 22.1. The van der Waals surface area contributed by atoms with Crippen molar-refractivity contribution in [1.29, 1.82) is 5.26 Å². The van der Waals surface area contributed by atoms with E-state index in [1.165, 1.54) is 6.07 Å². The van der Waals surface area contributed by atoms with Crippen molar-refractivity contribution in [2.24, 2.45) is 4.99 Å². The molecule has 1 heterocycles. The standard InChI is InChI=1S/C20H19FN4OS.HI/c1-23-20(24-11-15-7-6-13(10-22)8-16(15)21)25-12-17(26)19-9-14-4-2-3-5-18(14)27-19;/h2-9,17,26H,11-12H2,1H3,(H2,23,24,25);1H. The molecule has 1 unspecified atom stereocenters. The van der Waals surface area contributed by atoms with Crippen LogP contribution in [0.2, 0.25) is 0 Å². The van der Waals surface area contributed by atoms with Gasteiger partial charge in [-0.05, 0) is 29.7 Å². The molecule has 1 aromatic heterocycles. The van der Waals surface area contributed by atoms with Gasteiger partial charge < -0.3 is 15.7 Å². The van der Waals surface area contributed by atoms with Crippen molar-refractivity contribution in [2.75, 3.05) is 13.6 Å². The number of rotatable bonds is 5. The largest absolute Gasteiger partial charge is 0.386 e. The molecule has 2 aromatic carbocycles. The molecule has 0 aliphatic heterocycles. The van der Waals surface area contributed by atoms with E-state index in [1.54, 1.807) is 30.5 Å². The fraction of sp³-hybridized carbons (Fsp3) is 0.200. The second-order valence-corrected chi connectivity index (χ2v) is 7.04. The van der Waals surface area contributed by atoms with Crippen molar-refractivity contribution >= 4 is 51.4 Å². The van der Waals surface area contributed by atoms with Crippen LogP contribution in [0.1, 0.15) is 22.1 Å². The van der Waals surface area contributed by atoms with Crippen LogP contribution in [0.25, 0.3) is 10.1 Å². The molecule has 0 fully saturated rings. The lowest BCUT2D eigenvalue weighted by Crippen LogP contribution is -2.39. The van der Waals surface area contributed by atoms with Crippen molar-refractivity contribution in [3.8, 4) is 6.07 Å². The molecule has 0 radical (unpaired) electrons. The van der Waals surface area contributed by atoms with E-state index in [4.69, 9.17) is 5.26 Å². The third-order valence-corrected chi connectivity index (χ3v) is 5.31. The second-order valence-electron chi connectivity index (χ2n) is 5.93. The zero-order valence-corrected chi connectivity index (χ0v) is 18.3. The van der Waals surface area contributed by atoms with Gasteiger partial charge in [-0.3, -0.25) is 4.99 Å². The highest BCUT2D eigenvalue weighted by Gasteiger charge is 2.12. The average molecular weight is 510 g/mol. The van der Waals surface area contributed by atoms with Crippen LogP contribution in [0, 0.1) is 17.1 Å². The Balaban J connectivity index is 0.00000280. The van der Waals surface area contributed by atoms with Gasteiger partial charge in [-0.1, -0.05) is 24.3 Å². The number of aliphatic imine (C=N–C) groups is 1. The maximum Gasteiger partial charge on any atom is 0.191 e. The first-order chi connectivity index (χ1) is 13.1. The number of nitrogens with one attached hydrogen (secondary N) is 2. The van der Waals surface area contributed by atoms with Gasteiger partial charge in [-0.25, -0.2) is 4.39 Å². The Hall–Kier alpha value is -2.22. The van der Waals surface area contributed by atoms with Crippen LogP contribution in [0.4, 0.5) is 4.39 Å². The number of benzene rings is 2. The van der Waals surface area contributed by atoms with Gasteiger partial charge in [0.2, 0.25) is 0 Å². The summed E-state index contributed by atoms with van der Waals surface area (Å²) in [6, 6.07) is 16.2. The van der Waals surface area contributed by atoms with Gasteiger partial charge in [0.25, 0.3) is 0 Å². The van der Waals surface area contributed by atoms with Crippen molar-refractivity contribution in [1.82, 2.24) is 10.6 Å². The number of hydrogen-bond donors (Lipinski definition) is 3. The molecular formula is C20H20FIN4OS. The predicted octanol–water partition coefficient (Wildman–Crippen LogP) is 3.93. The Morgan fingerprint density at radius 2 is 2.04 bits per heavy atom. The van der Waals surface area contributed by atoms with E-state index in [-0.39, 0.29) is 42.6 Å². The van der Waals surface area contributed by atoms with E-state index in [1.807, 2.05) is 36.4 Å². The molecule has 1 atom stereocenters. The lowest BCUT2D eigenvalue weighted by atomic mass is 10.1. The maximum atomic E-state index is 13.9. The van der Waals surface area contributed by atoms with Crippen molar-refractivity contribution in [2.45, 2.75) is 12.6 Å².